The van der Waals surface area contributed by atoms with Gasteiger partial charge < -0.3 is 16.8 Å². The summed E-state index contributed by atoms with van der Waals surface area (Å²) in [4.78, 5) is 15.2. The Morgan fingerprint density at radius 3 is 2.83 bits per heavy atom. The van der Waals surface area contributed by atoms with Crippen molar-refractivity contribution in [2.45, 2.75) is 6.54 Å². The number of amides is 1. The molecule has 5 N–H and O–H groups in total. The van der Waals surface area contributed by atoms with Crippen LogP contribution in [0.5, 0.6) is 0 Å². The monoisotopic (exact) mass is 242 g/mol. The fraction of sp³-hybridized carbons (Fsp3) is 0.0769. The smallest absolute Gasteiger partial charge is 0.250 e. The zero-order valence-electron chi connectivity index (χ0n) is 9.76. The average Bonchev–Trinajstić information content (AvgIpc) is 2.38. The van der Waals surface area contributed by atoms with E-state index in [9.17, 15) is 4.79 Å². The maximum atomic E-state index is 11.2. The zero-order chi connectivity index (χ0) is 13.0. The van der Waals surface area contributed by atoms with Crippen molar-refractivity contribution < 1.29 is 4.79 Å². The minimum Gasteiger partial charge on any atom is -0.398 e. The molecule has 2 aromatic rings. The number of carbonyl (C=O) groups is 1. The van der Waals surface area contributed by atoms with Crippen molar-refractivity contribution in [1.82, 2.24) is 4.98 Å². The molecule has 1 aromatic carbocycles. The van der Waals surface area contributed by atoms with Crippen LogP contribution in [-0.2, 0) is 6.54 Å². The maximum Gasteiger partial charge on any atom is 0.250 e. The van der Waals surface area contributed by atoms with E-state index in [1.54, 1.807) is 30.6 Å². The van der Waals surface area contributed by atoms with Gasteiger partial charge in [-0.3, -0.25) is 9.78 Å². The van der Waals surface area contributed by atoms with Gasteiger partial charge in [0.05, 0.1) is 5.56 Å². The minimum atomic E-state index is -0.530. The summed E-state index contributed by atoms with van der Waals surface area (Å²) in [5.41, 5.74) is 13.4. The third-order valence-corrected chi connectivity index (χ3v) is 2.54. The van der Waals surface area contributed by atoms with Crippen molar-refractivity contribution in [2.24, 2.45) is 5.73 Å². The van der Waals surface area contributed by atoms with Crippen LogP contribution in [0.15, 0.2) is 42.7 Å². The molecule has 1 heterocycles. The summed E-state index contributed by atoms with van der Waals surface area (Å²) in [6.07, 6.45) is 3.50. The first-order valence-electron chi connectivity index (χ1n) is 5.49. The number of primary amides is 1. The molecule has 0 fully saturated rings. The number of aromatic nitrogens is 1. The molecular formula is C13H14N4O. The molecule has 5 nitrogen and oxygen atoms in total. The number of nitrogens with one attached hydrogen (secondary N) is 1. The van der Waals surface area contributed by atoms with E-state index < -0.39 is 5.91 Å². The third kappa shape index (κ3) is 2.76. The van der Waals surface area contributed by atoms with Crippen LogP contribution in [0.25, 0.3) is 0 Å². The van der Waals surface area contributed by atoms with Gasteiger partial charge in [-0.15, -0.1) is 0 Å². The number of anilines is 2. The highest BCUT2D eigenvalue weighted by Crippen LogP contribution is 2.17. The van der Waals surface area contributed by atoms with Gasteiger partial charge in [0.2, 0.25) is 0 Å². The Labute approximate surface area is 105 Å². The lowest BCUT2D eigenvalue weighted by atomic mass is 10.1. The summed E-state index contributed by atoms with van der Waals surface area (Å²) in [7, 11) is 0. The molecule has 0 atom stereocenters. The summed E-state index contributed by atoms with van der Waals surface area (Å²) in [5.74, 6) is -0.530. The Morgan fingerprint density at radius 1 is 1.33 bits per heavy atom. The van der Waals surface area contributed by atoms with E-state index in [-0.39, 0.29) is 0 Å². The number of pyridine rings is 1. The highest BCUT2D eigenvalue weighted by molar-refractivity contribution is 5.98. The summed E-state index contributed by atoms with van der Waals surface area (Å²) in [5, 5.41) is 3.18. The van der Waals surface area contributed by atoms with Crippen LogP contribution < -0.4 is 16.8 Å². The van der Waals surface area contributed by atoms with Gasteiger partial charge in [0.15, 0.2) is 0 Å². The fourth-order valence-electron chi connectivity index (χ4n) is 1.59. The Balaban J connectivity index is 2.11. The van der Waals surface area contributed by atoms with Gasteiger partial charge >= 0.3 is 0 Å². The summed E-state index contributed by atoms with van der Waals surface area (Å²) in [6.45, 7) is 0.621. The Hall–Kier alpha value is -2.56. The highest BCUT2D eigenvalue weighted by Gasteiger charge is 2.06. The van der Waals surface area contributed by atoms with Crippen molar-refractivity contribution in [3.63, 3.8) is 0 Å². The first-order chi connectivity index (χ1) is 8.66. The highest BCUT2D eigenvalue weighted by atomic mass is 16.1. The van der Waals surface area contributed by atoms with Gasteiger partial charge in [0.25, 0.3) is 5.91 Å². The van der Waals surface area contributed by atoms with Gasteiger partial charge in [-0.1, -0.05) is 6.07 Å². The van der Waals surface area contributed by atoms with Gasteiger partial charge in [-0.25, -0.2) is 0 Å². The van der Waals surface area contributed by atoms with E-state index in [0.717, 1.165) is 11.3 Å². The molecule has 5 heteroatoms. The number of benzene rings is 1. The molecule has 0 saturated carbocycles. The normalized spacial score (nSPS) is 10.0. The number of nitrogens with zero attached hydrogens (tertiary/aromatic N) is 1. The average molecular weight is 242 g/mol. The molecule has 0 aliphatic carbocycles. The number of nitrogen functional groups attached to an aromatic ring is 1. The van der Waals surface area contributed by atoms with Crippen molar-refractivity contribution in [2.75, 3.05) is 11.1 Å². The van der Waals surface area contributed by atoms with Crippen LogP contribution in [0.2, 0.25) is 0 Å². The minimum absolute atomic E-state index is 0.325. The molecule has 0 aliphatic heterocycles. The summed E-state index contributed by atoms with van der Waals surface area (Å²) >= 11 is 0. The van der Waals surface area contributed by atoms with Gasteiger partial charge in [0.1, 0.15) is 0 Å². The summed E-state index contributed by atoms with van der Waals surface area (Å²) < 4.78 is 0. The molecule has 1 amide bonds. The van der Waals surface area contributed by atoms with Crippen molar-refractivity contribution in [1.29, 1.82) is 0 Å². The molecule has 0 radical (unpaired) electrons. The van der Waals surface area contributed by atoms with Gasteiger partial charge in [0, 0.05) is 30.3 Å². The van der Waals surface area contributed by atoms with Crippen molar-refractivity contribution >= 4 is 17.3 Å². The van der Waals surface area contributed by atoms with Gasteiger partial charge in [-0.05, 0) is 29.8 Å². The van der Waals surface area contributed by atoms with Crippen LogP contribution in [0.3, 0.4) is 0 Å². The van der Waals surface area contributed by atoms with Crippen LogP contribution >= 0.6 is 0 Å². The number of rotatable bonds is 4. The van der Waals surface area contributed by atoms with E-state index in [1.165, 1.54) is 0 Å². The van der Waals surface area contributed by atoms with Crippen molar-refractivity contribution in [3.8, 4) is 0 Å². The first kappa shape index (κ1) is 11.9. The van der Waals surface area contributed by atoms with Crippen LogP contribution in [0.1, 0.15) is 15.9 Å². The Kier molecular flexibility index (Phi) is 3.43. The molecule has 92 valence electrons. The number of hydrogen-bond acceptors (Lipinski definition) is 4. The van der Waals surface area contributed by atoms with Crippen LogP contribution in [0, 0.1) is 0 Å². The van der Waals surface area contributed by atoms with E-state index in [4.69, 9.17) is 11.5 Å². The lowest BCUT2D eigenvalue weighted by molar-refractivity contribution is 0.100. The Bertz CT molecular complexity index is 554. The molecule has 0 unspecified atom stereocenters. The first-order valence-corrected chi connectivity index (χ1v) is 5.49. The molecule has 1 aromatic heterocycles. The molecule has 0 aliphatic rings. The number of nitrogens with two attached hydrogens (primary N) is 2. The third-order valence-electron chi connectivity index (χ3n) is 2.54. The molecular weight excluding hydrogens is 228 g/mol. The standard InChI is InChI=1S/C13H14N4O/c14-12-4-3-10(6-11(12)13(15)18)17-8-9-2-1-5-16-7-9/h1-7,17H,8,14H2,(H2,15,18). The van der Waals surface area contributed by atoms with E-state index in [0.29, 0.717) is 17.8 Å². The summed E-state index contributed by atoms with van der Waals surface area (Å²) in [6, 6.07) is 8.94. The van der Waals surface area contributed by atoms with E-state index >= 15 is 0 Å². The van der Waals surface area contributed by atoms with E-state index in [1.807, 2.05) is 12.1 Å². The predicted octanol–water partition coefficient (Wildman–Crippen LogP) is 1.37. The number of hydrogen-bond donors (Lipinski definition) is 3. The molecule has 0 spiro atoms. The SMILES string of the molecule is NC(=O)c1cc(NCc2cccnc2)ccc1N. The second-order valence-corrected chi connectivity index (χ2v) is 3.88. The predicted molar refractivity (Wildman–Crippen MR) is 70.9 cm³/mol. The van der Waals surface area contributed by atoms with Crippen molar-refractivity contribution in [3.05, 3.63) is 53.9 Å². The molecule has 2 rings (SSSR count). The lowest BCUT2D eigenvalue weighted by Gasteiger charge is -2.08. The number of carbonyl (C=O) groups excluding carboxylic acids is 1. The lowest BCUT2D eigenvalue weighted by Crippen LogP contribution is -2.14. The largest absolute Gasteiger partial charge is 0.398 e. The molecule has 0 saturated heterocycles. The molecule has 18 heavy (non-hydrogen) atoms. The second kappa shape index (κ2) is 5.18. The Morgan fingerprint density at radius 2 is 2.17 bits per heavy atom. The van der Waals surface area contributed by atoms with E-state index in [2.05, 4.69) is 10.3 Å². The fourth-order valence-corrected chi connectivity index (χ4v) is 1.59. The molecule has 0 bridgehead atoms. The topological polar surface area (TPSA) is 94.0 Å². The van der Waals surface area contributed by atoms with Crippen LogP contribution in [0.4, 0.5) is 11.4 Å². The maximum absolute atomic E-state index is 11.2. The quantitative estimate of drug-likeness (QED) is 0.706. The van der Waals surface area contributed by atoms with Crippen LogP contribution in [-0.4, -0.2) is 10.9 Å². The second-order valence-electron chi connectivity index (χ2n) is 3.88. The zero-order valence-corrected chi connectivity index (χ0v) is 9.76. The van der Waals surface area contributed by atoms with Gasteiger partial charge in [-0.2, -0.15) is 0 Å².